The first-order valence-corrected chi connectivity index (χ1v) is 6.29. The molecule has 17 heavy (non-hydrogen) atoms. The molecule has 0 radical (unpaired) electrons. The van der Waals surface area contributed by atoms with Gasteiger partial charge in [-0.2, -0.15) is 0 Å². The van der Waals surface area contributed by atoms with Gasteiger partial charge in [-0.05, 0) is 39.2 Å². The lowest BCUT2D eigenvalue weighted by atomic mass is 9.96. The predicted octanol–water partition coefficient (Wildman–Crippen LogP) is 0.0801. The topological polar surface area (TPSA) is 81.6 Å². The largest absolute Gasteiger partial charge is 0.381 e. The number of nitrogens with zero attached hydrogens (tertiary/aromatic N) is 1. The van der Waals surface area contributed by atoms with Crippen LogP contribution in [0.1, 0.15) is 32.6 Å². The molecule has 0 saturated carbocycles. The van der Waals surface area contributed by atoms with E-state index in [2.05, 4.69) is 4.90 Å². The zero-order valence-electron chi connectivity index (χ0n) is 10.9. The fourth-order valence-electron chi connectivity index (χ4n) is 2.16. The highest BCUT2D eigenvalue weighted by molar-refractivity contribution is 5.83. The standard InChI is InChI=1S/C12H25N3O2/c1-12(14,11(13)16)6-3-7-15-8-4-10(17-2)5-9-15/h10H,3-9,14H2,1-2H3,(H2,13,16). The van der Waals surface area contributed by atoms with Gasteiger partial charge in [-0.25, -0.2) is 0 Å². The molecule has 4 N–H and O–H groups in total. The summed E-state index contributed by atoms with van der Waals surface area (Å²) in [7, 11) is 1.77. The third kappa shape index (κ3) is 4.61. The second kappa shape index (κ2) is 6.33. The Hall–Kier alpha value is -0.650. The Bertz CT molecular complexity index is 248. The minimum atomic E-state index is -0.870. The summed E-state index contributed by atoms with van der Waals surface area (Å²) in [4.78, 5) is 13.4. The van der Waals surface area contributed by atoms with E-state index in [4.69, 9.17) is 16.2 Å². The van der Waals surface area contributed by atoms with Crippen LogP contribution in [-0.4, -0.2) is 49.2 Å². The summed E-state index contributed by atoms with van der Waals surface area (Å²) in [6.45, 7) is 4.82. The van der Waals surface area contributed by atoms with Crippen molar-refractivity contribution in [2.45, 2.75) is 44.2 Å². The first-order chi connectivity index (χ1) is 7.95. The van der Waals surface area contributed by atoms with Crippen LogP contribution in [0.25, 0.3) is 0 Å². The zero-order chi connectivity index (χ0) is 12.9. The van der Waals surface area contributed by atoms with Gasteiger partial charge in [0.2, 0.25) is 5.91 Å². The molecule has 5 nitrogen and oxygen atoms in total. The van der Waals surface area contributed by atoms with Crippen molar-refractivity contribution in [3.05, 3.63) is 0 Å². The normalized spacial score (nSPS) is 22.3. The minimum absolute atomic E-state index is 0.414. The lowest BCUT2D eigenvalue weighted by Gasteiger charge is -2.31. The van der Waals surface area contributed by atoms with Gasteiger partial charge >= 0.3 is 0 Å². The summed E-state index contributed by atoms with van der Waals surface area (Å²) < 4.78 is 5.32. The number of carbonyl (C=O) groups excluding carboxylic acids is 1. The van der Waals surface area contributed by atoms with Crippen molar-refractivity contribution < 1.29 is 9.53 Å². The molecule has 100 valence electrons. The fraction of sp³-hybridized carbons (Fsp3) is 0.917. The van der Waals surface area contributed by atoms with Crippen molar-refractivity contribution in [1.82, 2.24) is 4.90 Å². The van der Waals surface area contributed by atoms with Gasteiger partial charge in [0.25, 0.3) is 0 Å². The van der Waals surface area contributed by atoms with Gasteiger partial charge in [-0.15, -0.1) is 0 Å². The molecule has 1 unspecified atom stereocenters. The van der Waals surface area contributed by atoms with E-state index in [-0.39, 0.29) is 0 Å². The number of carbonyl (C=O) groups is 1. The maximum absolute atomic E-state index is 11.1. The molecule has 0 aromatic heterocycles. The van der Waals surface area contributed by atoms with Crippen molar-refractivity contribution in [3.8, 4) is 0 Å². The second-order valence-corrected chi connectivity index (χ2v) is 5.16. The predicted molar refractivity (Wildman–Crippen MR) is 67.5 cm³/mol. The highest BCUT2D eigenvalue weighted by atomic mass is 16.5. The summed E-state index contributed by atoms with van der Waals surface area (Å²) in [6, 6.07) is 0. The van der Waals surface area contributed by atoms with E-state index in [0.717, 1.165) is 38.9 Å². The Morgan fingerprint density at radius 3 is 2.53 bits per heavy atom. The quantitative estimate of drug-likeness (QED) is 0.692. The minimum Gasteiger partial charge on any atom is -0.381 e. The van der Waals surface area contributed by atoms with E-state index in [9.17, 15) is 4.79 Å². The number of hydrogen-bond donors (Lipinski definition) is 2. The van der Waals surface area contributed by atoms with Crippen molar-refractivity contribution >= 4 is 5.91 Å². The smallest absolute Gasteiger partial charge is 0.237 e. The molecule has 1 amide bonds. The van der Waals surface area contributed by atoms with Crippen molar-refractivity contribution in [1.29, 1.82) is 0 Å². The lowest BCUT2D eigenvalue weighted by Crippen LogP contribution is -2.49. The Labute approximate surface area is 103 Å². The Morgan fingerprint density at radius 2 is 2.06 bits per heavy atom. The maximum Gasteiger partial charge on any atom is 0.237 e. The number of methoxy groups -OCH3 is 1. The SMILES string of the molecule is COC1CCN(CCCC(C)(N)C(N)=O)CC1. The summed E-state index contributed by atoms with van der Waals surface area (Å²) in [6.07, 6.45) is 4.15. The molecule has 1 atom stereocenters. The molecule has 1 heterocycles. The van der Waals surface area contributed by atoms with Crippen molar-refractivity contribution in [2.24, 2.45) is 11.5 Å². The number of ether oxygens (including phenoxy) is 1. The van der Waals surface area contributed by atoms with Gasteiger partial charge in [0, 0.05) is 20.2 Å². The average molecular weight is 243 g/mol. The third-order valence-corrected chi connectivity index (χ3v) is 3.60. The highest BCUT2D eigenvalue weighted by Crippen LogP contribution is 2.15. The molecule has 1 aliphatic heterocycles. The van der Waals surface area contributed by atoms with E-state index < -0.39 is 11.4 Å². The fourth-order valence-corrected chi connectivity index (χ4v) is 2.16. The van der Waals surface area contributed by atoms with Crippen LogP contribution in [0.2, 0.25) is 0 Å². The molecular formula is C12H25N3O2. The molecule has 1 aliphatic rings. The Kier molecular flexibility index (Phi) is 5.36. The van der Waals surface area contributed by atoms with Crippen LogP contribution in [0, 0.1) is 0 Å². The molecule has 0 bridgehead atoms. The van der Waals surface area contributed by atoms with Crippen LogP contribution in [0.5, 0.6) is 0 Å². The average Bonchev–Trinajstić information content (AvgIpc) is 2.29. The molecule has 0 aromatic rings. The zero-order valence-corrected chi connectivity index (χ0v) is 10.9. The van der Waals surface area contributed by atoms with Gasteiger partial charge in [0.15, 0.2) is 0 Å². The lowest BCUT2D eigenvalue weighted by molar-refractivity contribution is -0.122. The van der Waals surface area contributed by atoms with Gasteiger partial charge < -0.3 is 21.1 Å². The molecule has 1 rings (SSSR count). The van der Waals surface area contributed by atoms with Gasteiger partial charge in [-0.1, -0.05) is 0 Å². The molecule has 1 fully saturated rings. The molecular weight excluding hydrogens is 218 g/mol. The van der Waals surface area contributed by atoms with Crippen molar-refractivity contribution in [2.75, 3.05) is 26.7 Å². The summed E-state index contributed by atoms with van der Waals surface area (Å²) >= 11 is 0. The summed E-state index contributed by atoms with van der Waals surface area (Å²) in [5, 5.41) is 0. The van der Waals surface area contributed by atoms with Gasteiger partial charge in [0.05, 0.1) is 11.6 Å². The van der Waals surface area contributed by atoms with Gasteiger partial charge in [-0.3, -0.25) is 4.79 Å². The van der Waals surface area contributed by atoms with Crippen LogP contribution in [0.4, 0.5) is 0 Å². The molecule has 0 aromatic carbocycles. The van der Waals surface area contributed by atoms with Crippen LogP contribution in [0.15, 0.2) is 0 Å². The number of amides is 1. The van der Waals surface area contributed by atoms with Gasteiger partial charge in [0.1, 0.15) is 0 Å². The maximum atomic E-state index is 11.1. The van der Waals surface area contributed by atoms with Crippen LogP contribution >= 0.6 is 0 Å². The number of rotatable bonds is 6. The van der Waals surface area contributed by atoms with Crippen LogP contribution < -0.4 is 11.5 Å². The summed E-state index contributed by atoms with van der Waals surface area (Å²) in [5.41, 5.74) is 10.2. The molecule has 5 heteroatoms. The van der Waals surface area contributed by atoms with Crippen LogP contribution in [0.3, 0.4) is 0 Å². The molecule has 1 saturated heterocycles. The molecule has 0 spiro atoms. The first kappa shape index (κ1) is 14.4. The Balaban J connectivity index is 2.18. The van der Waals surface area contributed by atoms with E-state index in [1.165, 1.54) is 0 Å². The first-order valence-electron chi connectivity index (χ1n) is 6.29. The third-order valence-electron chi connectivity index (χ3n) is 3.60. The number of hydrogen-bond acceptors (Lipinski definition) is 4. The van der Waals surface area contributed by atoms with Crippen LogP contribution in [-0.2, 0) is 9.53 Å². The number of primary amides is 1. The van der Waals surface area contributed by atoms with E-state index in [1.54, 1.807) is 14.0 Å². The monoisotopic (exact) mass is 243 g/mol. The van der Waals surface area contributed by atoms with E-state index in [0.29, 0.717) is 12.5 Å². The molecule has 0 aliphatic carbocycles. The van der Waals surface area contributed by atoms with E-state index >= 15 is 0 Å². The van der Waals surface area contributed by atoms with Crippen molar-refractivity contribution in [3.63, 3.8) is 0 Å². The second-order valence-electron chi connectivity index (χ2n) is 5.16. The summed E-state index contributed by atoms with van der Waals surface area (Å²) in [5.74, 6) is -0.421. The Morgan fingerprint density at radius 1 is 1.47 bits per heavy atom. The number of piperidine rings is 1. The van der Waals surface area contributed by atoms with E-state index in [1.807, 2.05) is 0 Å². The highest BCUT2D eigenvalue weighted by Gasteiger charge is 2.25. The number of nitrogens with two attached hydrogens (primary N) is 2. The number of likely N-dealkylation sites (tertiary alicyclic amines) is 1.